The molecule has 1 aliphatic rings. The van der Waals surface area contributed by atoms with Crippen LogP contribution in [-0.4, -0.2) is 38.3 Å². The first-order valence-electron chi connectivity index (χ1n) is 12.1. The number of nitrogens with one attached hydrogen (secondary N) is 2. The summed E-state index contributed by atoms with van der Waals surface area (Å²) in [7, 11) is 4.59. The van der Waals surface area contributed by atoms with Crippen LogP contribution in [0, 0.1) is 0 Å². The summed E-state index contributed by atoms with van der Waals surface area (Å²) >= 11 is 0. The van der Waals surface area contributed by atoms with Gasteiger partial charge in [0.2, 0.25) is 17.1 Å². The molecule has 0 aromatic heterocycles. The topological polar surface area (TPSA) is 123 Å². The van der Waals surface area contributed by atoms with Crippen molar-refractivity contribution in [1.82, 2.24) is 5.32 Å². The van der Waals surface area contributed by atoms with Crippen molar-refractivity contribution in [3.8, 4) is 28.4 Å². The summed E-state index contributed by atoms with van der Waals surface area (Å²) in [6, 6.07) is 13.7. The molecule has 0 aliphatic heterocycles. The van der Waals surface area contributed by atoms with Crippen LogP contribution in [-0.2, 0) is 16.0 Å². The number of hydrogen-bond acceptors (Lipinski definition) is 7. The monoisotopic (exact) mass is 518 g/mol. The molecule has 3 aromatic carbocycles. The van der Waals surface area contributed by atoms with Crippen LogP contribution in [0.4, 0.5) is 5.69 Å². The smallest absolute Gasteiger partial charge is 0.330 e. The quantitative estimate of drug-likeness (QED) is 0.407. The molecule has 0 radical (unpaired) electrons. The average molecular weight is 519 g/mol. The number of carboxylic acids is 1. The lowest BCUT2D eigenvalue weighted by atomic mass is 9.95. The minimum Gasteiger partial charge on any atom is -0.493 e. The Morgan fingerprint density at radius 3 is 2.29 bits per heavy atom. The van der Waals surface area contributed by atoms with E-state index in [1.165, 1.54) is 27.2 Å². The van der Waals surface area contributed by atoms with E-state index in [0.29, 0.717) is 52.3 Å². The fourth-order valence-corrected chi connectivity index (χ4v) is 4.92. The SMILES string of the molecule is COc1cc2c(c(OC)c1OC)-c1ccc(N[C@H](C(=O)O)c3ccccc3)c(=O)cc1[C@H](NC(C)=O)CC2. The largest absolute Gasteiger partial charge is 0.493 e. The molecule has 4 rings (SSSR count). The number of anilines is 1. The van der Waals surface area contributed by atoms with E-state index >= 15 is 0 Å². The lowest BCUT2D eigenvalue weighted by Crippen LogP contribution is -2.27. The standard InChI is InChI=1S/C29H30N2O7/c1-16(32)30-21-12-10-18-14-24(36-2)27(37-3)28(38-4)25(18)19-11-13-22(23(33)15-20(19)21)31-26(29(34)35)17-8-6-5-7-9-17/h5-9,11,13-15,21,26H,10,12H2,1-4H3,(H,30,32)(H,31,33)(H,34,35)/t21-,26+/m1/s1. The number of carbonyl (C=O) groups excluding carboxylic acids is 1. The minimum atomic E-state index is -1.14. The first-order valence-corrected chi connectivity index (χ1v) is 12.1. The van der Waals surface area contributed by atoms with Crippen molar-refractivity contribution in [3.63, 3.8) is 0 Å². The summed E-state index contributed by atoms with van der Waals surface area (Å²) in [5.74, 6) is -0.0146. The zero-order valence-corrected chi connectivity index (χ0v) is 21.7. The highest BCUT2D eigenvalue weighted by molar-refractivity contribution is 5.84. The van der Waals surface area contributed by atoms with Gasteiger partial charge in [-0.15, -0.1) is 0 Å². The summed E-state index contributed by atoms with van der Waals surface area (Å²) in [5, 5.41) is 15.7. The van der Waals surface area contributed by atoms with Crippen molar-refractivity contribution >= 4 is 17.6 Å². The second-order valence-corrected chi connectivity index (χ2v) is 8.92. The van der Waals surface area contributed by atoms with Gasteiger partial charge in [0.05, 0.1) is 33.1 Å². The van der Waals surface area contributed by atoms with Crippen molar-refractivity contribution in [2.45, 2.75) is 31.8 Å². The summed E-state index contributed by atoms with van der Waals surface area (Å²) in [5.41, 5.74) is 3.07. The summed E-state index contributed by atoms with van der Waals surface area (Å²) in [4.78, 5) is 37.7. The number of ether oxygens (including phenoxy) is 3. The maximum Gasteiger partial charge on any atom is 0.330 e. The van der Waals surface area contributed by atoms with Gasteiger partial charge in [0, 0.05) is 12.5 Å². The normalized spacial score (nSPS) is 14.7. The first-order chi connectivity index (χ1) is 18.3. The summed E-state index contributed by atoms with van der Waals surface area (Å²) < 4.78 is 16.9. The van der Waals surface area contributed by atoms with Gasteiger partial charge in [-0.1, -0.05) is 36.4 Å². The van der Waals surface area contributed by atoms with E-state index in [0.717, 1.165) is 5.56 Å². The third-order valence-corrected chi connectivity index (χ3v) is 6.60. The lowest BCUT2D eigenvalue weighted by molar-refractivity contribution is -0.138. The minimum absolute atomic E-state index is 0.108. The molecule has 2 atom stereocenters. The maximum atomic E-state index is 13.5. The summed E-state index contributed by atoms with van der Waals surface area (Å²) in [6.45, 7) is 1.43. The van der Waals surface area contributed by atoms with Gasteiger partial charge in [-0.3, -0.25) is 9.59 Å². The number of amides is 1. The Bertz CT molecular complexity index is 1420. The van der Waals surface area contributed by atoms with Gasteiger partial charge in [0.15, 0.2) is 17.5 Å². The molecule has 38 heavy (non-hydrogen) atoms. The van der Waals surface area contributed by atoms with Crippen molar-refractivity contribution < 1.29 is 28.9 Å². The fourth-order valence-electron chi connectivity index (χ4n) is 4.92. The number of carboxylic acid groups (broad SMARTS) is 1. The number of methoxy groups -OCH3 is 3. The van der Waals surface area contributed by atoms with E-state index in [-0.39, 0.29) is 11.6 Å². The molecule has 9 heteroatoms. The maximum absolute atomic E-state index is 13.5. The Balaban J connectivity index is 1.96. The van der Waals surface area contributed by atoms with Crippen LogP contribution in [0.15, 0.2) is 59.4 Å². The molecule has 9 nitrogen and oxygen atoms in total. The van der Waals surface area contributed by atoms with Crippen molar-refractivity contribution in [3.05, 3.63) is 81.5 Å². The van der Waals surface area contributed by atoms with E-state index in [1.54, 1.807) is 49.6 Å². The van der Waals surface area contributed by atoms with Crippen molar-refractivity contribution in [2.75, 3.05) is 26.6 Å². The number of rotatable bonds is 8. The molecule has 0 saturated heterocycles. The van der Waals surface area contributed by atoms with E-state index in [4.69, 9.17) is 14.2 Å². The molecule has 1 aliphatic carbocycles. The third-order valence-electron chi connectivity index (χ3n) is 6.60. The van der Waals surface area contributed by atoms with Gasteiger partial charge < -0.3 is 30.0 Å². The first kappa shape index (κ1) is 26.5. The van der Waals surface area contributed by atoms with Gasteiger partial charge in [0.1, 0.15) is 0 Å². The van der Waals surface area contributed by atoms with Gasteiger partial charge in [-0.05, 0) is 53.3 Å². The number of fused-ring (bicyclic) bond motifs is 3. The molecular formula is C29H30N2O7. The molecule has 0 bridgehead atoms. The van der Waals surface area contributed by atoms with Crippen LogP contribution in [0.2, 0.25) is 0 Å². The summed E-state index contributed by atoms with van der Waals surface area (Å²) in [6.07, 6.45) is 1.09. The lowest BCUT2D eigenvalue weighted by Gasteiger charge is -2.19. The Kier molecular flexibility index (Phi) is 7.85. The van der Waals surface area contributed by atoms with E-state index in [1.807, 2.05) is 6.07 Å². The van der Waals surface area contributed by atoms with Gasteiger partial charge in [-0.25, -0.2) is 4.79 Å². The number of carbonyl (C=O) groups is 2. The second kappa shape index (κ2) is 11.2. The predicted molar refractivity (Wildman–Crippen MR) is 143 cm³/mol. The molecule has 0 unspecified atom stereocenters. The predicted octanol–water partition coefficient (Wildman–Crippen LogP) is 4.10. The van der Waals surface area contributed by atoms with Gasteiger partial charge in [0.25, 0.3) is 0 Å². The highest BCUT2D eigenvalue weighted by Crippen LogP contribution is 2.50. The molecular weight excluding hydrogens is 488 g/mol. The molecule has 0 heterocycles. The van der Waals surface area contributed by atoms with Crippen LogP contribution in [0.25, 0.3) is 11.1 Å². The molecule has 3 aromatic rings. The number of aryl methyl sites for hydroxylation is 1. The molecule has 0 spiro atoms. The van der Waals surface area contributed by atoms with E-state index in [9.17, 15) is 19.5 Å². The number of hydrogen-bond donors (Lipinski definition) is 3. The highest BCUT2D eigenvalue weighted by Gasteiger charge is 2.30. The zero-order valence-electron chi connectivity index (χ0n) is 21.7. The van der Waals surface area contributed by atoms with Crippen LogP contribution in [0.3, 0.4) is 0 Å². The van der Waals surface area contributed by atoms with Crippen molar-refractivity contribution in [2.24, 2.45) is 0 Å². The van der Waals surface area contributed by atoms with Gasteiger partial charge in [-0.2, -0.15) is 0 Å². The van der Waals surface area contributed by atoms with Crippen LogP contribution >= 0.6 is 0 Å². The Morgan fingerprint density at radius 2 is 1.68 bits per heavy atom. The van der Waals surface area contributed by atoms with Crippen LogP contribution in [0.5, 0.6) is 17.2 Å². The molecule has 1 amide bonds. The van der Waals surface area contributed by atoms with Crippen molar-refractivity contribution in [1.29, 1.82) is 0 Å². The van der Waals surface area contributed by atoms with Gasteiger partial charge >= 0.3 is 5.97 Å². The third kappa shape index (κ3) is 5.13. The Labute approximate surface area is 220 Å². The molecule has 3 N–H and O–H groups in total. The van der Waals surface area contributed by atoms with Crippen LogP contribution in [0.1, 0.15) is 42.1 Å². The number of benzene rings is 2. The molecule has 198 valence electrons. The highest BCUT2D eigenvalue weighted by atomic mass is 16.5. The second-order valence-electron chi connectivity index (χ2n) is 8.92. The average Bonchev–Trinajstić information content (AvgIpc) is 3.14. The molecule has 0 saturated carbocycles. The molecule has 0 fully saturated rings. The Morgan fingerprint density at radius 1 is 0.974 bits per heavy atom. The van der Waals surface area contributed by atoms with Crippen LogP contribution < -0.4 is 30.3 Å². The Hall–Kier alpha value is -4.53. The van der Waals surface area contributed by atoms with E-state index < -0.39 is 23.5 Å². The fraction of sp³-hybridized carbons (Fsp3) is 0.276. The number of aliphatic carboxylic acids is 1. The van der Waals surface area contributed by atoms with E-state index in [2.05, 4.69) is 10.6 Å². The zero-order chi connectivity index (χ0) is 27.4.